The Bertz CT molecular complexity index is 1180. The summed E-state index contributed by atoms with van der Waals surface area (Å²) < 4.78 is 24.5. The van der Waals surface area contributed by atoms with Gasteiger partial charge in [-0.05, 0) is 48.2 Å². The molecule has 1 atom stereocenters. The first kappa shape index (κ1) is 25.2. The van der Waals surface area contributed by atoms with Gasteiger partial charge in [0, 0.05) is 19.6 Å². The summed E-state index contributed by atoms with van der Waals surface area (Å²) in [7, 11) is 4.82. The van der Waals surface area contributed by atoms with Gasteiger partial charge in [0.1, 0.15) is 18.2 Å². The van der Waals surface area contributed by atoms with Crippen LogP contribution in [-0.4, -0.2) is 64.1 Å². The lowest BCUT2D eigenvalue weighted by molar-refractivity contribution is -0.137. The Kier molecular flexibility index (Phi) is 7.82. The Morgan fingerprint density at radius 1 is 1.08 bits per heavy atom. The van der Waals surface area contributed by atoms with Crippen LogP contribution in [0.2, 0.25) is 0 Å². The number of rotatable bonds is 9. The predicted molar refractivity (Wildman–Crippen MR) is 130 cm³/mol. The van der Waals surface area contributed by atoms with Gasteiger partial charge < -0.3 is 19.3 Å². The molecule has 9 nitrogen and oxygen atoms in total. The highest BCUT2D eigenvalue weighted by Gasteiger charge is 2.37. The SMILES string of the molecule is COc1ccc(C(C(=O)N(C)C2CCCC2)N(Cc2ccc(F)cc2)C(=O)c2ncn[nH]2)cc1OC. The highest BCUT2D eigenvalue weighted by atomic mass is 19.1. The van der Waals surface area contributed by atoms with E-state index in [2.05, 4.69) is 15.2 Å². The number of carbonyl (C=O) groups is 2. The number of ether oxygens (including phenoxy) is 2. The third-order valence-electron chi connectivity index (χ3n) is 6.63. The zero-order chi connectivity index (χ0) is 25.7. The first-order chi connectivity index (χ1) is 17.4. The van der Waals surface area contributed by atoms with Crippen LogP contribution in [0, 0.1) is 5.82 Å². The van der Waals surface area contributed by atoms with Gasteiger partial charge in [0.15, 0.2) is 11.5 Å². The summed E-state index contributed by atoms with van der Waals surface area (Å²) in [5.41, 5.74) is 1.21. The van der Waals surface area contributed by atoms with Crippen molar-refractivity contribution < 1.29 is 23.5 Å². The molecule has 3 aromatic rings. The summed E-state index contributed by atoms with van der Waals surface area (Å²) in [4.78, 5) is 35.0. The maximum Gasteiger partial charge on any atom is 0.292 e. The molecule has 1 N–H and O–H groups in total. The molecule has 4 rings (SSSR count). The van der Waals surface area contributed by atoms with E-state index in [4.69, 9.17) is 9.47 Å². The molecule has 36 heavy (non-hydrogen) atoms. The number of nitrogens with zero attached hydrogens (tertiary/aromatic N) is 4. The van der Waals surface area contributed by atoms with Gasteiger partial charge in [-0.3, -0.25) is 14.7 Å². The zero-order valence-corrected chi connectivity index (χ0v) is 20.6. The van der Waals surface area contributed by atoms with Crippen LogP contribution in [-0.2, 0) is 11.3 Å². The number of amides is 2. The largest absolute Gasteiger partial charge is 0.493 e. The minimum Gasteiger partial charge on any atom is -0.493 e. The van der Waals surface area contributed by atoms with Gasteiger partial charge in [0.2, 0.25) is 11.7 Å². The van der Waals surface area contributed by atoms with Crippen LogP contribution in [0.15, 0.2) is 48.8 Å². The Morgan fingerprint density at radius 2 is 1.78 bits per heavy atom. The Hall–Kier alpha value is -3.95. The Morgan fingerprint density at radius 3 is 2.39 bits per heavy atom. The van der Waals surface area contributed by atoms with Gasteiger partial charge in [-0.2, -0.15) is 5.10 Å². The van der Waals surface area contributed by atoms with Crippen molar-refractivity contribution in [3.63, 3.8) is 0 Å². The van der Waals surface area contributed by atoms with Crippen LogP contribution in [0.4, 0.5) is 4.39 Å². The summed E-state index contributed by atoms with van der Waals surface area (Å²) in [6, 6.07) is 10.1. The van der Waals surface area contributed by atoms with Crippen LogP contribution in [0.1, 0.15) is 53.5 Å². The average Bonchev–Trinajstić information content (AvgIpc) is 3.63. The van der Waals surface area contributed by atoms with E-state index in [9.17, 15) is 14.0 Å². The van der Waals surface area contributed by atoms with Gasteiger partial charge in [0.25, 0.3) is 5.91 Å². The van der Waals surface area contributed by atoms with Crippen LogP contribution in [0.25, 0.3) is 0 Å². The van der Waals surface area contributed by atoms with Crippen molar-refractivity contribution >= 4 is 11.8 Å². The number of hydrogen-bond donors (Lipinski definition) is 1. The van der Waals surface area contributed by atoms with Gasteiger partial charge in [-0.1, -0.05) is 31.0 Å². The molecule has 1 fully saturated rings. The van der Waals surface area contributed by atoms with E-state index < -0.39 is 11.9 Å². The smallest absolute Gasteiger partial charge is 0.292 e. The van der Waals surface area contributed by atoms with Crippen LogP contribution in [0.5, 0.6) is 11.5 Å². The topological polar surface area (TPSA) is 101 Å². The van der Waals surface area contributed by atoms with Gasteiger partial charge >= 0.3 is 0 Å². The zero-order valence-electron chi connectivity index (χ0n) is 20.6. The second kappa shape index (κ2) is 11.2. The molecule has 2 amide bonds. The maximum absolute atomic E-state index is 14.1. The van der Waals surface area contributed by atoms with E-state index >= 15 is 0 Å². The van der Waals surface area contributed by atoms with E-state index in [1.807, 2.05) is 0 Å². The number of halogens is 1. The summed E-state index contributed by atoms with van der Waals surface area (Å²) in [6.07, 6.45) is 5.17. The Labute approximate surface area is 209 Å². The molecule has 190 valence electrons. The van der Waals surface area contributed by atoms with Crippen molar-refractivity contribution in [1.82, 2.24) is 25.0 Å². The fraction of sp³-hybridized carbons (Fsp3) is 0.385. The molecule has 2 aromatic carbocycles. The van der Waals surface area contributed by atoms with E-state index in [0.717, 1.165) is 25.7 Å². The molecular formula is C26H30FN5O4. The molecule has 0 aliphatic heterocycles. The number of aromatic amines is 1. The van der Waals surface area contributed by atoms with Crippen LogP contribution < -0.4 is 9.47 Å². The molecule has 0 bridgehead atoms. The molecule has 1 saturated carbocycles. The molecule has 0 radical (unpaired) electrons. The number of hydrogen-bond acceptors (Lipinski definition) is 6. The fourth-order valence-corrected chi connectivity index (χ4v) is 4.65. The molecule has 1 aliphatic carbocycles. The number of carbonyl (C=O) groups excluding carboxylic acids is 2. The summed E-state index contributed by atoms with van der Waals surface area (Å²) >= 11 is 0. The first-order valence-corrected chi connectivity index (χ1v) is 11.8. The Balaban J connectivity index is 1.82. The highest BCUT2D eigenvalue weighted by Crippen LogP contribution is 2.35. The molecule has 10 heteroatoms. The monoisotopic (exact) mass is 495 g/mol. The number of aromatic nitrogens is 3. The molecule has 0 spiro atoms. The van der Waals surface area contributed by atoms with E-state index in [1.54, 1.807) is 42.3 Å². The van der Waals surface area contributed by atoms with Gasteiger partial charge in [0.05, 0.1) is 14.2 Å². The van der Waals surface area contributed by atoms with Crippen molar-refractivity contribution in [2.75, 3.05) is 21.3 Å². The number of benzene rings is 2. The number of nitrogens with one attached hydrogen (secondary N) is 1. The summed E-state index contributed by atoms with van der Waals surface area (Å²) in [5, 5.41) is 6.41. The lowest BCUT2D eigenvalue weighted by Crippen LogP contribution is -2.47. The third-order valence-corrected chi connectivity index (χ3v) is 6.63. The first-order valence-electron chi connectivity index (χ1n) is 11.8. The molecule has 0 saturated heterocycles. The van der Waals surface area contributed by atoms with Crippen molar-refractivity contribution in [3.05, 3.63) is 71.6 Å². The van der Waals surface area contributed by atoms with Crippen molar-refractivity contribution in [2.45, 2.75) is 44.3 Å². The summed E-state index contributed by atoms with van der Waals surface area (Å²) in [5.74, 6) is -0.193. The van der Waals surface area contributed by atoms with Crippen LogP contribution >= 0.6 is 0 Å². The molecule has 1 heterocycles. The average molecular weight is 496 g/mol. The molecule has 1 unspecified atom stereocenters. The second-order valence-corrected chi connectivity index (χ2v) is 8.80. The van der Waals surface area contributed by atoms with Crippen LogP contribution in [0.3, 0.4) is 0 Å². The van der Waals surface area contributed by atoms with Gasteiger partial charge in [-0.15, -0.1) is 0 Å². The number of H-pyrrole nitrogens is 1. The standard InChI is InChI=1S/C26H30FN5O4/c1-31(20-6-4-5-7-20)25(33)23(18-10-13-21(35-2)22(14-18)36-3)32(26(34)24-28-16-29-30-24)15-17-8-11-19(27)12-9-17/h8-14,16,20,23H,4-7,15H2,1-3H3,(H,28,29,30). The third kappa shape index (κ3) is 5.32. The van der Waals surface area contributed by atoms with E-state index in [0.29, 0.717) is 22.6 Å². The lowest BCUT2D eigenvalue weighted by atomic mass is 10.0. The van der Waals surface area contributed by atoms with Crippen molar-refractivity contribution in [2.24, 2.45) is 0 Å². The molecular weight excluding hydrogens is 465 g/mol. The van der Waals surface area contributed by atoms with E-state index in [-0.39, 0.29) is 30.1 Å². The summed E-state index contributed by atoms with van der Waals surface area (Å²) in [6.45, 7) is 0.0447. The minimum absolute atomic E-state index is 0.00101. The number of likely N-dealkylation sites (N-methyl/N-ethyl adjacent to an activating group) is 1. The molecule has 1 aromatic heterocycles. The number of methoxy groups -OCH3 is 2. The molecule has 1 aliphatic rings. The van der Waals surface area contributed by atoms with Gasteiger partial charge in [-0.25, -0.2) is 9.37 Å². The van der Waals surface area contributed by atoms with Crippen molar-refractivity contribution in [3.8, 4) is 11.5 Å². The fourth-order valence-electron chi connectivity index (χ4n) is 4.65. The second-order valence-electron chi connectivity index (χ2n) is 8.80. The minimum atomic E-state index is -1.00. The maximum atomic E-state index is 14.1. The van der Waals surface area contributed by atoms with E-state index in [1.165, 1.54) is 37.6 Å². The normalized spacial score (nSPS) is 14.3. The predicted octanol–water partition coefficient (Wildman–Crippen LogP) is 3.75. The van der Waals surface area contributed by atoms with Crippen molar-refractivity contribution in [1.29, 1.82) is 0 Å². The highest BCUT2D eigenvalue weighted by molar-refractivity contribution is 5.95. The quantitative estimate of drug-likeness (QED) is 0.485. The lowest BCUT2D eigenvalue weighted by Gasteiger charge is -2.35.